The highest BCUT2D eigenvalue weighted by Crippen LogP contribution is 2.34. The van der Waals surface area contributed by atoms with Gasteiger partial charge in [0.15, 0.2) is 0 Å². The Labute approximate surface area is 137 Å². The maximum Gasteiger partial charge on any atom is 0.141 e. The second-order valence-electron chi connectivity index (χ2n) is 4.67. The fraction of sp³-hybridized carbons (Fsp3) is 0.133. The Morgan fingerprint density at radius 2 is 1.76 bits per heavy atom. The molecule has 0 saturated carbocycles. The van der Waals surface area contributed by atoms with Crippen LogP contribution in [0.3, 0.4) is 0 Å². The quantitative estimate of drug-likeness (QED) is 0.646. The van der Waals surface area contributed by atoms with Gasteiger partial charge >= 0.3 is 0 Å². The molecule has 2 N–H and O–H groups in total. The van der Waals surface area contributed by atoms with E-state index in [9.17, 15) is 0 Å². The second-order valence-corrected chi connectivity index (χ2v) is 5.92. The van der Waals surface area contributed by atoms with Gasteiger partial charge in [-0.2, -0.15) is 0 Å². The highest BCUT2D eigenvalue weighted by Gasteiger charge is 2.14. The van der Waals surface area contributed by atoms with E-state index in [2.05, 4.69) is 16.5 Å². The van der Waals surface area contributed by atoms with Crippen molar-refractivity contribution >= 4 is 51.5 Å². The van der Waals surface area contributed by atoms with Gasteiger partial charge in [-0.3, -0.25) is 0 Å². The van der Waals surface area contributed by atoms with E-state index in [4.69, 9.17) is 40.5 Å². The molecule has 0 aliphatic carbocycles. The van der Waals surface area contributed by atoms with Crippen molar-refractivity contribution in [1.29, 1.82) is 0 Å². The number of fused-ring (bicyclic) bond motifs is 1. The minimum absolute atomic E-state index is 0.379. The molecule has 6 heteroatoms. The molecule has 0 unspecified atom stereocenters. The van der Waals surface area contributed by atoms with Gasteiger partial charge in [-0.1, -0.05) is 34.8 Å². The van der Waals surface area contributed by atoms with Crippen LogP contribution in [0, 0.1) is 0 Å². The zero-order valence-corrected chi connectivity index (χ0v) is 13.5. The molecule has 108 valence electrons. The molecule has 3 aromatic rings. The summed E-state index contributed by atoms with van der Waals surface area (Å²) in [5.41, 5.74) is 8.84. The molecule has 1 aromatic heterocycles. The van der Waals surface area contributed by atoms with Crippen molar-refractivity contribution in [3.05, 3.63) is 45.4 Å². The van der Waals surface area contributed by atoms with Crippen LogP contribution < -0.4 is 5.73 Å². The number of hydrogen-bond donors (Lipinski definition) is 1. The van der Waals surface area contributed by atoms with Gasteiger partial charge < -0.3 is 10.3 Å². The van der Waals surface area contributed by atoms with Crippen molar-refractivity contribution in [3.8, 4) is 11.4 Å². The lowest BCUT2D eigenvalue weighted by Crippen LogP contribution is -1.98. The number of nitrogens with two attached hydrogens (primary N) is 1. The summed E-state index contributed by atoms with van der Waals surface area (Å²) < 4.78 is 2.09. The first-order valence-electron chi connectivity index (χ1n) is 6.42. The Bertz CT molecular complexity index is 817. The zero-order chi connectivity index (χ0) is 15.1. The van der Waals surface area contributed by atoms with Gasteiger partial charge in [0.2, 0.25) is 0 Å². The summed E-state index contributed by atoms with van der Waals surface area (Å²) in [7, 11) is 0. The number of nitrogens with zero attached hydrogens (tertiary/aromatic N) is 2. The number of halogens is 3. The first kappa shape index (κ1) is 14.5. The zero-order valence-electron chi connectivity index (χ0n) is 11.2. The van der Waals surface area contributed by atoms with Gasteiger partial charge in [0.25, 0.3) is 0 Å². The molecule has 0 atom stereocenters. The summed E-state index contributed by atoms with van der Waals surface area (Å²) in [5.74, 6) is 0.790. The molecule has 0 bridgehead atoms. The topological polar surface area (TPSA) is 43.8 Å². The summed E-state index contributed by atoms with van der Waals surface area (Å²) in [5, 5.41) is 1.50. The van der Waals surface area contributed by atoms with Crippen LogP contribution in [0.15, 0.2) is 30.3 Å². The summed E-state index contributed by atoms with van der Waals surface area (Å²) in [6, 6.07) is 9.20. The van der Waals surface area contributed by atoms with Crippen molar-refractivity contribution in [1.82, 2.24) is 9.55 Å². The van der Waals surface area contributed by atoms with Crippen molar-refractivity contribution in [2.24, 2.45) is 0 Å². The van der Waals surface area contributed by atoms with Crippen LogP contribution in [0.5, 0.6) is 0 Å². The maximum atomic E-state index is 6.12. The molecule has 21 heavy (non-hydrogen) atoms. The van der Waals surface area contributed by atoms with E-state index in [0.717, 1.165) is 29.0 Å². The Kier molecular flexibility index (Phi) is 3.74. The lowest BCUT2D eigenvalue weighted by Gasteiger charge is -2.08. The van der Waals surface area contributed by atoms with Gasteiger partial charge in [0.05, 0.1) is 26.8 Å². The average molecular weight is 341 g/mol. The monoisotopic (exact) mass is 339 g/mol. The smallest absolute Gasteiger partial charge is 0.141 e. The average Bonchev–Trinajstić information content (AvgIpc) is 2.81. The Hall–Kier alpha value is -1.42. The molecule has 0 aliphatic rings. The predicted octanol–water partition coefficient (Wildman–Crippen LogP) is 5.27. The number of hydrogen-bond acceptors (Lipinski definition) is 2. The largest absolute Gasteiger partial charge is 0.396 e. The van der Waals surface area contributed by atoms with Crippen LogP contribution in [-0.4, -0.2) is 9.55 Å². The van der Waals surface area contributed by atoms with Crippen LogP contribution in [-0.2, 0) is 6.54 Å². The molecule has 3 nitrogen and oxygen atoms in total. The molecule has 0 radical (unpaired) electrons. The number of nitrogen functional groups attached to an aromatic ring is 1. The van der Waals surface area contributed by atoms with E-state index in [1.165, 1.54) is 0 Å². The van der Waals surface area contributed by atoms with Crippen LogP contribution in [0.4, 0.5) is 5.69 Å². The summed E-state index contributed by atoms with van der Waals surface area (Å²) >= 11 is 18.3. The van der Waals surface area contributed by atoms with E-state index >= 15 is 0 Å². The molecule has 0 amide bonds. The normalized spacial score (nSPS) is 11.2. The fourth-order valence-electron chi connectivity index (χ4n) is 2.36. The molecule has 3 rings (SSSR count). The minimum Gasteiger partial charge on any atom is -0.396 e. The van der Waals surface area contributed by atoms with E-state index in [0.29, 0.717) is 20.8 Å². The Balaban J connectivity index is 2.29. The molecule has 0 saturated heterocycles. The first-order valence-corrected chi connectivity index (χ1v) is 7.55. The van der Waals surface area contributed by atoms with E-state index in [-0.39, 0.29) is 0 Å². The third kappa shape index (κ3) is 2.46. The van der Waals surface area contributed by atoms with Gasteiger partial charge in [-0.15, -0.1) is 0 Å². The van der Waals surface area contributed by atoms with Gasteiger partial charge in [-0.05, 0) is 37.3 Å². The third-order valence-electron chi connectivity index (χ3n) is 3.36. The maximum absolute atomic E-state index is 6.12. The summed E-state index contributed by atoms with van der Waals surface area (Å²) in [6.45, 7) is 2.83. The van der Waals surface area contributed by atoms with Crippen LogP contribution in [0.1, 0.15) is 6.92 Å². The number of aryl methyl sites for hydroxylation is 1. The van der Waals surface area contributed by atoms with Crippen LogP contribution >= 0.6 is 34.8 Å². The number of aromatic nitrogens is 2. The van der Waals surface area contributed by atoms with Gasteiger partial charge in [0, 0.05) is 17.1 Å². The molecule has 0 aliphatic heterocycles. The van der Waals surface area contributed by atoms with Gasteiger partial charge in [0.1, 0.15) is 5.82 Å². The number of anilines is 1. The van der Waals surface area contributed by atoms with E-state index < -0.39 is 0 Å². The Morgan fingerprint density at radius 3 is 2.38 bits per heavy atom. The Morgan fingerprint density at radius 1 is 1.10 bits per heavy atom. The van der Waals surface area contributed by atoms with Crippen LogP contribution in [0.2, 0.25) is 15.1 Å². The third-order valence-corrected chi connectivity index (χ3v) is 4.22. The van der Waals surface area contributed by atoms with Gasteiger partial charge in [-0.25, -0.2) is 4.98 Å². The van der Waals surface area contributed by atoms with E-state index in [1.807, 2.05) is 18.2 Å². The van der Waals surface area contributed by atoms with Crippen molar-refractivity contribution < 1.29 is 0 Å². The highest BCUT2D eigenvalue weighted by molar-refractivity contribution is 6.39. The van der Waals surface area contributed by atoms with Crippen molar-refractivity contribution in [3.63, 3.8) is 0 Å². The number of rotatable bonds is 2. The molecule has 0 spiro atoms. The second kappa shape index (κ2) is 5.41. The lowest BCUT2D eigenvalue weighted by atomic mass is 10.2. The standard InChI is InChI=1S/C15H12Cl3N3/c1-2-21-13-4-3-9(16)7-12(13)20-15(21)8-5-10(17)14(19)11(18)6-8/h3-7H,2,19H2,1H3. The van der Waals surface area contributed by atoms with Crippen molar-refractivity contribution in [2.45, 2.75) is 13.5 Å². The molecule has 1 heterocycles. The SMILES string of the molecule is CCn1c(-c2cc(Cl)c(N)c(Cl)c2)nc2cc(Cl)ccc21. The molecular formula is C15H12Cl3N3. The fourth-order valence-corrected chi connectivity index (χ4v) is 3.01. The minimum atomic E-state index is 0.379. The lowest BCUT2D eigenvalue weighted by molar-refractivity contribution is 0.796. The predicted molar refractivity (Wildman–Crippen MR) is 90.3 cm³/mol. The molecule has 0 fully saturated rings. The molecular weight excluding hydrogens is 329 g/mol. The van der Waals surface area contributed by atoms with E-state index in [1.54, 1.807) is 12.1 Å². The number of imidazole rings is 1. The summed E-state index contributed by atoms with van der Waals surface area (Å²) in [6.07, 6.45) is 0. The van der Waals surface area contributed by atoms with Crippen LogP contribution in [0.25, 0.3) is 22.4 Å². The molecule has 2 aromatic carbocycles. The highest BCUT2D eigenvalue weighted by atomic mass is 35.5. The first-order chi connectivity index (χ1) is 10.0. The van der Waals surface area contributed by atoms with Crippen molar-refractivity contribution in [2.75, 3.05) is 5.73 Å². The number of benzene rings is 2. The summed E-state index contributed by atoms with van der Waals surface area (Å²) in [4.78, 5) is 4.65.